The lowest BCUT2D eigenvalue weighted by Gasteiger charge is -2.11. The van der Waals surface area contributed by atoms with E-state index in [1.165, 1.54) is 13.0 Å². The van der Waals surface area contributed by atoms with Crippen LogP contribution in [0.15, 0.2) is 54.6 Å². The molecule has 0 saturated carbocycles. The third-order valence-corrected chi connectivity index (χ3v) is 3.44. The number of carboxylic acid groups (broad SMARTS) is 1. The van der Waals surface area contributed by atoms with E-state index in [2.05, 4.69) is 10.3 Å². The Morgan fingerprint density at radius 1 is 1.04 bits per heavy atom. The summed E-state index contributed by atoms with van der Waals surface area (Å²) in [7, 11) is 0. The van der Waals surface area contributed by atoms with E-state index in [0.717, 1.165) is 5.56 Å². The summed E-state index contributed by atoms with van der Waals surface area (Å²) in [5.74, 6) is -1.39. The van der Waals surface area contributed by atoms with E-state index >= 15 is 0 Å². The van der Waals surface area contributed by atoms with Crippen LogP contribution in [-0.4, -0.2) is 16.9 Å². The zero-order chi connectivity index (χ0) is 16.4. The average Bonchev–Trinajstić information content (AvgIpc) is 2.54. The van der Waals surface area contributed by atoms with Crippen LogP contribution in [0.1, 0.15) is 17.3 Å². The van der Waals surface area contributed by atoms with Crippen molar-refractivity contribution in [2.75, 3.05) is 5.32 Å². The monoisotopic (exact) mass is 305 g/mol. The van der Waals surface area contributed by atoms with E-state index in [9.17, 15) is 14.7 Å². The highest BCUT2D eigenvalue weighted by Gasteiger charge is 2.08. The molecule has 0 radical (unpaired) electrons. The lowest BCUT2D eigenvalue weighted by Crippen LogP contribution is -2.22. The molecule has 1 aromatic heterocycles. The smallest absolute Gasteiger partial charge is 0.221 e. The Labute approximate surface area is 132 Å². The lowest BCUT2D eigenvalue weighted by atomic mass is 10.0. The van der Waals surface area contributed by atoms with Gasteiger partial charge in [-0.3, -0.25) is 4.79 Å². The number of carbonyl (C=O) groups is 2. The molecule has 0 atom stereocenters. The maximum Gasteiger partial charge on any atom is 0.221 e. The predicted molar refractivity (Wildman–Crippen MR) is 85.8 cm³/mol. The second-order valence-corrected chi connectivity index (χ2v) is 5.12. The highest BCUT2D eigenvalue weighted by molar-refractivity contribution is 6.02. The number of hydrogen-bond donors (Lipinski definition) is 1. The maximum atomic E-state index is 11.4. The zero-order valence-electron chi connectivity index (χ0n) is 12.4. The molecule has 2 aromatic carbocycles. The van der Waals surface area contributed by atoms with Crippen LogP contribution in [0.3, 0.4) is 0 Å². The van der Waals surface area contributed by atoms with E-state index in [-0.39, 0.29) is 11.5 Å². The summed E-state index contributed by atoms with van der Waals surface area (Å²) < 4.78 is 0. The molecule has 3 rings (SSSR count). The molecule has 0 aliphatic heterocycles. The van der Waals surface area contributed by atoms with Crippen molar-refractivity contribution in [3.8, 4) is 11.3 Å². The van der Waals surface area contributed by atoms with Crippen molar-refractivity contribution in [2.24, 2.45) is 0 Å². The normalized spacial score (nSPS) is 10.5. The number of hydrogen-bond acceptors (Lipinski definition) is 4. The van der Waals surface area contributed by atoms with E-state index in [1.54, 1.807) is 48.5 Å². The number of amides is 1. The molecule has 23 heavy (non-hydrogen) atoms. The van der Waals surface area contributed by atoms with Crippen molar-refractivity contribution < 1.29 is 14.7 Å². The van der Waals surface area contributed by atoms with Gasteiger partial charge in [0.25, 0.3) is 0 Å². The summed E-state index contributed by atoms with van der Waals surface area (Å²) in [5.41, 5.74) is 2.67. The third-order valence-electron chi connectivity index (χ3n) is 3.44. The number of benzene rings is 2. The van der Waals surface area contributed by atoms with Gasteiger partial charge in [0.2, 0.25) is 5.91 Å². The molecule has 1 amide bonds. The molecular formula is C18H13N2O3-. The minimum atomic E-state index is -1.24. The van der Waals surface area contributed by atoms with Crippen LogP contribution in [-0.2, 0) is 4.79 Å². The first-order chi connectivity index (χ1) is 11.0. The number of rotatable bonds is 3. The number of nitrogens with one attached hydrogen (secondary N) is 1. The fourth-order valence-electron chi connectivity index (χ4n) is 2.42. The Kier molecular flexibility index (Phi) is 3.76. The minimum Gasteiger partial charge on any atom is -0.545 e. The van der Waals surface area contributed by atoms with Gasteiger partial charge in [0, 0.05) is 29.1 Å². The fourth-order valence-corrected chi connectivity index (χ4v) is 2.42. The second-order valence-electron chi connectivity index (χ2n) is 5.12. The SMILES string of the molecule is CC(=O)Nc1ccc(-c2cc(C(=O)[O-])c3ccccc3n2)cc1. The Morgan fingerprint density at radius 3 is 2.39 bits per heavy atom. The number of aromatic nitrogens is 1. The lowest BCUT2D eigenvalue weighted by molar-refractivity contribution is -0.254. The molecule has 114 valence electrons. The van der Waals surface area contributed by atoms with E-state index in [0.29, 0.717) is 22.3 Å². The molecule has 1 N–H and O–H groups in total. The number of pyridine rings is 1. The molecule has 0 fully saturated rings. The van der Waals surface area contributed by atoms with Crippen molar-refractivity contribution in [1.29, 1.82) is 0 Å². The van der Waals surface area contributed by atoms with E-state index < -0.39 is 5.97 Å². The zero-order valence-corrected chi connectivity index (χ0v) is 12.4. The molecule has 0 aliphatic carbocycles. The van der Waals surface area contributed by atoms with Crippen molar-refractivity contribution in [2.45, 2.75) is 6.92 Å². The van der Waals surface area contributed by atoms with Crippen molar-refractivity contribution in [3.63, 3.8) is 0 Å². The van der Waals surface area contributed by atoms with Crippen molar-refractivity contribution >= 4 is 28.5 Å². The molecule has 5 nitrogen and oxygen atoms in total. The van der Waals surface area contributed by atoms with Crippen LogP contribution >= 0.6 is 0 Å². The summed E-state index contributed by atoms with van der Waals surface area (Å²) in [5, 5.41) is 14.6. The molecule has 0 spiro atoms. The summed E-state index contributed by atoms with van der Waals surface area (Å²) in [6.45, 7) is 1.44. The van der Waals surface area contributed by atoms with Gasteiger partial charge in [0.1, 0.15) is 0 Å². The number of nitrogens with zero attached hydrogens (tertiary/aromatic N) is 1. The molecule has 5 heteroatoms. The topological polar surface area (TPSA) is 82.1 Å². The van der Waals surface area contributed by atoms with Gasteiger partial charge in [-0.1, -0.05) is 30.3 Å². The molecule has 0 bridgehead atoms. The van der Waals surface area contributed by atoms with E-state index in [4.69, 9.17) is 0 Å². The summed E-state index contributed by atoms with van der Waals surface area (Å²) in [6.07, 6.45) is 0. The highest BCUT2D eigenvalue weighted by atomic mass is 16.4. The predicted octanol–water partition coefficient (Wildman–Crippen LogP) is 2.22. The van der Waals surface area contributed by atoms with Gasteiger partial charge in [0.15, 0.2) is 0 Å². The quantitative estimate of drug-likeness (QED) is 0.804. The summed E-state index contributed by atoms with van der Waals surface area (Å²) in [4.78, 5) is 26.9. The standard InChI is InChI=1S/C18H14N2O3/c1-11(21)19-13-8-6-12(7-9-13)17-10-15(18(22)23)14-4-2-3-5-16(14)20-17/h2-10H,1H3,(H,19,21)(H,22,23)/p-1. The van der Waals surface area contributed by atoms with Gasteiger partial charge < -0.3 is 15.2 Å². The number of carboxylic acids is 1. The Bertz CT molecular complexity index is 902. The Balaban J connectivity index is 2.09. The second kappa shape index (κ2) is 5.88. The molecule has 0 unspecified atom stereocenters. The summed E-state index contributed by atoms with van der Waals surface area (Å²) in [6, 6.07) is 15.6. The number of para-hydroxylation sites is 1. The fraction of sp³-hybridized carbons (Fsp3) is 0.0556. The molecule has 0 saturated heterocycles. The van der Waals surface area contributed by atoms with Gasteiger partial charge in [-0.05, 0) is 24.3 Å². The van der Waals surface area contributed by atoms with Crippen LogP contribution in [0.4, 0.5) is 5.69 Å². The minimum absolute atomic E-state index is 0.108. The van der Waals surface area contributed by atoms with Crippen LogP contribution in [0, 0.1) is 0 Å². The van der Waals surface area contributed by atoms with Gasteiger partial charge in [-0.25, -0.2) is 4.98 Å². The van der Waals surface area contributed by atoms with Gasteiger partial charge in [-0.15, -0.1) is 0 Å². The maximum absolute atomic E-state index is 11.4. The van der Waals surface area contributed by atoms with Crippen LogP contribution in [0.2, 0.25) is 0 Å². The van der Waals surface area contributed by atoms with Gasteiger partial charge >= 0.3 is 0 Å². The van der Waals surface area contributed by atoms with Crippen molar-refractivity contribution in [1.82, 2.24) is 4.98 Å². The summed E-state index contributed by atoms with van der Waals surface area (Å²) >= 11 is 0. The highest BCUT2D eigenvalue weighted by Crippen LogP contribution is 2.25. The van der Waals surface area contributed by atoms with Gasteiger partial charge in [0.05, 0.1) is 17.2 Å². The van der Waals surface area contributed by atoms with Crippen molar-refractivity contribution in [3.05, 3.63) is 60.2 Å². The largest absolute Gasteiger partial charge is 0.545 e. The van der Waals surface area contributed by atoms with E-state index in [1.807, 2.05) is 0 Å². The number of fused-ring (bicyclic) bond motifs is 1. The van der Waals surface area contributed by atoms with Crippen LogP contribution in [0.25, 0.3) is 22.2 Å². The molecular weight excluding hydrogens is 292 g/mol. The first-order valence-electron chi connectivity index (χ1n) is 7.04. The van der Waals surface area contributed by atoms with Gasteiger partial charge in [-0.2, -0.15) is 0 Å². The molecule has 1 heterocycles. The third kappa shape index (κ3) is 3.03. The van der Waals surface area contributed by atoms with Crippen LogP contribution < -0.4 is 10.4 Å². The average molecular weight is 305 g/mol. The first-order valence-corrected chi connectivity index (χ1v) is 7.04. The Hall–Kier alpha value is -3.21. The number of aromatic carboxylic acids is 1. The number of anilines is 1. The van der Waals surface area contributed by atoms with Crippen LogP contribution in [0.5, 0.6) is 0 Å². The molecule has 0 aliphatic rings. The number of carbonyl (C=O) groups excluding carboxylic acids is 2. The first kappa shape index (κ1) is 14.7. The Morgan fingerprint density at radius 2 is 1.74 bits per heavy atom. The molecule has 3 aromatic rings.